The maximum atomic E-state index is 11.8. The van der Waals surface area contributed by atoms with Crippen LogP contribution in [0.3, 0.4) is 0 Å². The van der Waals surface area contributed by atoms with E-state index >= 15 is 0 Å². The molecule has 8 nitrogen and oxygen atoms in total. The van der Waals surface area contributed by atoms with Gasteiger partial charge >= 0.3 is 5.97 Å². The Balaban J connectivity index is 3.26. The van der Waals surface area contributed by atoms with Gasteiger partial charge < -0.3 is 33.5 Å². The number of ether oxygens (including phenoxy) is 6. The molecule has 6 atom stereocenters. The van der Waals surface area contributed by atoms with Crippen molar-refractivity contribution in [2.75, 3.05) is 33.0 Å². The zero-order valence-electron chi connectivity index (χ0n) is 19.2. The first kappa shape index (κ1) is 28.2. The van der Waals surface area contributed by atoms with Crippen molar-refractivity contribution in [3.8, 4) is 0 Å². The van der Waals surface area contributed by atoms with Gasteiger partial charge in [0.2, 0.25) is 0 Å². The third kappa shape index (κ3) is 9.36. The van der Waals surface area contributed by atoms with E-state index in [0.717, 1.165) is 0 Å². The van der Waals surface area contributed by atoms with Crippen LogP contribution < -0.4 is 0 Å². The number of hydrogen-bond donors (Lipinski definition) is 1. The maximum Gasteiger partial charge on any atom is 0.332 e. The van der Waals surface area contributed by atoms with Crippen LogP contribution in [0.15, 0.2) is 50.6 Å². The SMILES string of the molecule is C=CCOC[C@H]1OC(O[C@@H](CC(C)C)C(=O)O)C(OCC=C)[C@@H](OCC=C)C1OCC=C. The molecular formula is C24H38O8. The number of carbonyl (C=O) groups is 1. The van der Waals surface area contributed by atoms with Gasteiger partial charge in [0.25, 0.3) is 0 Å². The van der Waals surface area contributed by atoms with E-state index in [0.29, 0.717) is 13.0 Å². The highest BCUT2D eigenvalue weighted by atomic mass is 16.7. The van der Waals surface area contributed by atoms with Crippen LogP contribution in [0.5, 0.6) is 0 Å². The zero-order chi connectivity index (χ0) is 23.9. The van der Waals surface area contributed by atoms with Crippen molar-refractivity contribution in [1.82, 2.24) is 0 Å². The van der Waals surface area contributed by atoms with Gasteiger partial charge in [0.1, 0.15) is 24.4 Å². The lowest BCUT2D eigenvalue weighted by molar-refractivity contribution is -0.327. The van der Waals surface area contributed by atoms with E-state index in [1.807, 2.05) is 13.8 Å². The van der Waals surface area contributed by atoms with E-state index < -0.39 is 42.8 Å². The molecule has 1 aliphatic rings. The van der Waals surface area contributed by atoms with Crippen molar-refractivity contribution in [2.45, 2.75) is 57.1 Å². The summed E-state index contributed by atoms with van der Waals surface area (Å²) < 4.78 is 35.6. The molecule has 0 amide bonds. The fourth-order valence-electron chi connectivity index (χ4n) is 3.30. The molecule has 0 radical (unpaired) electrons. The number of carboxylic acids is 1. The topological polar surface area (TPSA) is 92.7 Å². The Morgan fingerprint density at radius 1 is 0.906 bits per heavy atom. The molecule has 1 saturated heterocycles. The van der Waals surface area contributed by atoms with Crippen LogP contribution in [0.25, 0.3) is 0 Å². The van der Waals surface area contributed by atoms with Crippen molar-refractivity contribution in [1.29, 1.82) is 0 Å². The molecule has 1 rings (SSSR count). The fraction of sp³-hybridized carbons (Fsp3) is 0.625. The van der Waals surface area contributed by atoms with E-state index in [1.54, 1.807) is 24.3 Å². The number of carboxylic acid groups (broad SMARTS) is 1. The van der Waals surface area contributed by atoms with Gasteiger partial charge in [0.05, 0.1) is 33.0 Å². The average molecular weight is 455 g/mol. The lowest BCUT2D eigenvalue weighted by atomic mass is 9.97. The largest absolute Gasteiger partial charge is 0.479 e. The molecular weight excluding hydrogens is 416 g/mol. The van der Waals surface area contributed by atoms with E-state index in [4.69, 9.17) is 28.4 Å². The van der Waals surface area contributed by atoms with Gasteiger partial charge in [-0.05, 0) is 12.3 Å². The smallest absolute Gasteiger partial charge is 0.332 e. The van der Waals surface area contributed by atoms with Crippen molar-refractivity contribution < 1.29 is 38.3 Å². The van der Waals surface area contributed by atoms with Crippen LogP contribution in [0.1, 0.15) is 20.3 Å². The lowest BCUT2D eigenvalue weighted by Gasteiger charge is -2.46. The minimum Gasteiger partial charge on any atom is -0.479 e. The molecule has 0 aromatic heterocycles. The predicted molar refractivity (Wildman–Crippen MR) is 121 cm³/mol. The Labute approximate surface area is 191 Å². The third-order valence-electron chi connectivity index (χ3n) is 4.59. The molecule has 0 bridgehead atoms. The van der Waals surface area contributed by atoms with Crippen LogP contribution in [0.4, 0.5) is 0 Å². The van der Waals surface area contributed by atoms with Crippen LogP contribution in [-0.4, -0.2) is 80.9 Å². The van der Waals surface area contributed by atoms with Crippen LogP contribution in [0.2, 0.25) is 0 Å². The highest BCUT2D eigenvalue weighted by molar-refractivity contribution is 5.72. The van der Waals surface area contributed by atoms with Gasteiger partial charge in [0, 0.05) is 0 Å². The summed E-state index contributed by atoms with van der Waals surface area (Å²) >= 11 is 0. The molecule has 0 aliphatic carbocycles. The van der Waals surface area contributed by atoms with Crippen LogP contribution >= 0.6 is 0 Å². The maximum absolute atomic E-state index is 11.8. The van der Waals surface area contributed by atoms with Gasteiger partial charge in [-0.15, -0.1) is 26.3 Å². The molecule has 8 heteroatoms. The second-order valence-corrected chi connectivity index (χ2v) is 7.72. The molecule has 0 spiro atoms. The third-order valence-corrected chi connectivity index (χ3v) is 4.59. The monoisotopic (exact) mass is 454 g/mol. The van der Waals surface area contributed by atoms with Gasteiger partial charge in [-0.25, -0.2) is 4.79 Å². The molecule has 0 saturated carbocycles. The summed E-state index contributed by atoms with van der Waals surface area (Å²) in [5.74, 6) is -0.965. The predicted octanol–water partition coefficient (Wildman–Crippen LogP) is 3.14. The standard InChI is InChI=1S/C24H38O8/c1-7-11-27-16-19-20(28-12-8-2)21(29-13-9-3)22(30-14-10-4)24(32-19)31-18(23(25)26)15-17(5)6/h7-10,17-22,24H,1-4,11-16H2,5-6H3,(H,25,26)/t18-,19+,20?,21-,22?,24?/m0/s1. The summed E-state index contributed by atoms with van der Waals surface area (Å²) in [5, 5.41) is 9.68. The van der Waals surface area contributed by atoms with Gasteiger partial charge in [-0.3, -0.25) is 0 Å². The normalized spacial score (nSPS) is 26.4. The number of rotatable bonds is 18. The van der Waals surface area contributed by atoms with E-state index in [2.05, 4.69) is 26.3 Å². The summed E-state index contributed by atoms with van der Waals surface area (Å²) in [7, 11) is 0. The summed E-state index contributed by atoms with van der Waals surface area (Å²) in [6, 6.07) is 0. The average Bonchev–Trinajstić information content (AvgIpc) is 2.75. The second-order valence-electron chi connectivity index (χ2n) is 7.72. The minimum absolute atomic E-state index is 0.107. The molecule has 1 aliphatic heterocycles. The molecule has 0 aromatic rings. The molecule has 1 N–H and O–H groups in total. The van der Waals surface area contributed by atoms with E-state index in [1.165, 1.54) is 0 Å². The molecule has 1 heterocycles. The van der Waals surface area contributed by atoms with Gasteiger partial charge in [-0.2, -0.15) is 0 Å². The minimum atomic E-state index is -1.07. The molecule has 1 fully saturated rings. The Morgan fingerprint density at radius 3 is 1.94 bits per heavy atom. The van der Waals surface area contributed by atoms with Crippen LogP contribution in [0, 0.1) is 5.92 Å². The molecule has 0 aromatic carbocycles. The first-order valence-corrected chi connectivity index (χ1v) is 10.8. The molecule has 182 valence electrons. The van der Waals surface area contributed by atoms with Gasteiger partial charge in [-0.1, -0.05) is 38.2 Å². The number of aliphatic carboxylic acids is 1. The first-order valence-electron chi connectivity index (χ1n) is 10.8. The molecule has 32 heavy (non-hydrogen) atoms. The summed E-state index contributed by atoms with van der Waals surface area (Å²) in [4.78, 5) is 11.8. The first-order chi connectivity index (χ1) is 15.4. The lowest BCUT2D eigenvalue weighted by Crippen LogP contribution is -2.62. The highest BCUT2D eigenvalue weighted by Crippen LogP contribution is 2.31. The van der Waals surface area contributed by atoms with Crippen molar-refractivity contribution >= 4 is 5.97 Å². The van der Waals surface area contributed by atoms with Crippen molar-refractivity contribution in [3.63, 3.8) is 0 Å². The Morgan fingerprint density at radius 2 is 1.44 bits per heavy atom. The van der Waals surface area contributed by atoms with Crippen LogP contribution in [-0.2, 0) is 33.2 Å². The molecule has 3 unspecified atom stereocenters. The summed E-state index contributed by atoms with van der Waals surface area (Å²) in [6.07, 6.45) is 2.07. The van der Waals surface area contributed by atoms with E-state index in [-0.39, 0.29) is 32.3 Å². The zero-order valence-corrected chi connectivity index (χ0v) is 19.2. The second kappa shape index (κ2) is 15.9. The fourth-order valence-corrected chi connectivity index (χ4v) is 3.30. The van der Waals surface area contributed by atoms with Crippen molar-refractivity contribution in [3.05, 3.63) is 50.6 Å². The Hall–Kier alpha value is -1.81. The van der Waals surface area contributed by atoms with E-state index in [9.17, 15) is 9.90 Å². The van der Waals surface area contributed by atoms with Crippen molar-refractivity contribution in [2.24, 2.45) is 5.92 Å². The quantitative estimate of drug-likeness (QED) is 0.249. The Kier molecular flexibility index (Phi) is 14.0. The summed E-state index contributed by atoms with van der Waals surface area (Å²) in [6.45, 7) is 19.8. The van der Waals surface area contributed by atoms with Gasteiger partial charge in [0.15, 0.2) is 12.4 Å². The summed E-state index contributed by atoms with van der Waals surface area (Å²) in [5.41, 5.74) is 0. The highest BCUT2D eigenvalue weighted by Gasteiger charge is 2.49. The number of hydrogen-bond acceptors (Lipinski definition) is 7. The Bertz CT molecular complexity index is 591.